The minimum Gasteiger partial charge on any atom is -0.376 e. The van der Waals surface area contributed by atoms with Gasteiger partial charge in [0.25, 0.3) is 0 Å². The van der Waals surface area contributed by atoms with Crippen LogP contribution in [0, 0.1) is 6.92 Å². The van der Waals surface area contributed by atoms with E-state index >= 15 is 0 Å². The Hall–Kier alpha value is -0.450. The molecular formula is C21H37IN4O2S. The van der Waals surface area contributed by atoms with Crippen molar-refractivity contribution in [1.82, 2.24) is 15.2 Å². The van der Waals surface area contributed by atoms with Gasteiger partial charge in [0, 0.05) is 44.6 Å². The molecule has 8 heteroatoms. The number of aryl methyl sites for hydroxylation is 2. The Kier molecular flexibility index (Phi) is 11.2. The Labute approximate surface area is 196 Å². The van der Waals surface area contributed by atoms with Crippen LogP contribution < -0.4 is 5.32 Å². The number of aromatic nitrogens is 1. The standard InChI is InChI=1S/C21H36N4O2S.HI/c1-4-19-16(2)28-20(24-19)8-11-23-21(22-3)25-12-9-17(10-13-25)27-15-18-7-5-6-14-26-18;/h17-18H,4-15H2,1-3H3,(H,22,23);1H. The highest BCUT2D eigenvalue weighted by Gasteiger charge is 2.23. The number of guanidine groups is 1. The van der Waals surface area contributed by atoms with E-state index < -0.39 is 0 Å². The number of piperidine rings is 1. The van der Waals surface area contributed by atoms with Gasteiger partial charge in [0.05, 0.1) is 29.5 Å². The van der Waals surface area contributed by atoms with E-state index in [1.807, 2.05) is 18.4 Å². The number of nitrogens with one attached hydrogen (secondary N) is 1. The molecule has 2 fully saturated rings. The molecule has 6 nitrogen and oxygen atoms in total. The summed E-state index contributed by atoms with van der Waals surface area (Å²) in [4.78, 5) is 12.9. The molecule has 0 bridgehead atoms. The predicted molar refractivity (Wildman–Crippen MR) is 131 cm³/mol. The van der Waals surface area contributed by atoms with Gasteiger partial charge in [-0.15, -0.1) is 35.3 Å². The average molecular weight is 537 g/mol. The summed E-state index contributed by atoms with van der Waals surface area (Å²) >= 11 is 1.82. The lowest BCUT2D eigenvalue weighted by atomic mass is 10.1. The number of hydrogen-bond donors (Lipinski definition) is 1. The lowest BCUT2D eigenvalue weighted by Gasteiger charge is -2.35. The minimum atomic E-state index is 0. The van der Waals surface area contributed by atoms with Crippen LogP contribution in [0.3, 0.4) is 0 Å². The predicted octanol–water partition coefficient (Wildman–Crippen LogP) is 3.80. The third-order valence-corrected chi connectivity index (χ3v) is 6.71. The minimum absolute atomic E-state index is 0. The van der Waals surface area contributed by atoms with Crippen molar-refractivity contribution in [2.75, 3.05) is 39.9 Å². The molecule has 2 aliphatic rings. The first-order chi connectivity index (χ1) is 13.7. The summed E-state index contributed by atoms with van der Waals surface area (Å²) in [5, 5.41) is 4.73. The molecule has 1 atom stereocenters. The van der Waals surface area contributed by atoms with Crippen LogP contribution in [0.15, 0.2) is 4.99 Å². The van der Waals surface area contributed by atoms with Crippen LogP contribution in [-0.4, -0.2) is 67.9 Å². The molecule has 2 aliphatic heterocycles. The van der Waals surface area contributed by atoms with Gasteiger partial charge in [-0.05, 0) is 45.4 Å². The zero-order chi connectivity index (χ0) is 19.8. The zero-order valence-corrected chi connectivity index (χ0v) is 21.3. The number of nitrogens with zero attached hydrogens (tertiary/aromatic N) is 3. The van der Waals surface area contributed by atoms with Crippen molar-refractivity contribution in [1.29, 1.82) is 0 Å². The van der Waals surface area contributed by atoms with Gasteiger partial charge >= 0.3 is 0 Å². The third-order valence-electron chi connectivity index (χ3n) is 5.64. The van der Waals surface area contributed by atoms with E-state index in [2.05, 4.69) is 29.1 Å². The maximum Gasteiger partial charge on any atom is 0.193 e. The normalized spacial score (nSPS) is 21.1. The molecule has 0 amide bonds. The summed E-state index contributed by atoms with van der Waals surface area (Å²) in [7, 11) is 1.87. The molecule has 1 aromatic rings. The van der Waals surface area contributed by atoms with Crippen molar-refractivity contribution in [3.63, 3.8) is 0 Å². The van der Waals surface area contributed by atoms with Gasteiger partial charge < -0.3 is 19.7 Å². The molecule has 166 valence electrons. The molecule has 2 saturated heterocycles. The highest BCUT2D eigenvalue weighted by Crippen LogP contribution is 2.19. The number of ether oxygens (including phenoxy) is 2. The lowest BCUT2D eigenvalue weighted by molar-refractivity contribution is -0.0721. The zero-order valence-electron chi connectivity index (χ0n) is 18.1. The first-order valence-electron chi connectivity index (χ1n) is 10.8. The van der Waals surface area contributed by atoms with E-state index in [-0.39, 0.29) is 24.0 Å². The number of halogens is 1. The molecular weight excluding hydrogens is 499 g/mol. The topological polar surface area (TPSA) is 59.0 Å². The molecule has 3 rings (SSSR count). The van der Waals surface area contributed by atoms with Crippen molar-refractivity contribution in [2.24, 2.45) is 4.99 Å². The Bertz CT molecular complexity index is 626. The summed E-state index contributed by atoms with van der Waals surface area (Å²) in [6, 6.07) is 0. The summed E-state index contributed by atoms with van der Waals surface area (Å²) in [6.07, 6.45) is 8.35. The van der Waals surface area contributed by atoms with Crippen LogP contribution in [0.4, 0.5) is 0 Å². The van der Waals surface area contributed by atoms with Crippen LogP contribution in [-0.2, 0) is 22.3 Å². The highest BCUT2D eigenvalue weighted by molar-refractivity contribution is 14.0. The first-order valence-corrected chi connectivity index (χ1v) is 11.6. The van der Waals surface area contributed by atoms with Crippen LogP contribution in [0.1, 0.15) is 54.6 Å². The summed E-state index contributed by atoms with van der Waals surface area (Å²) < 4.78 is 11.9. The van der Waals surface area contributed by atoms with Gasteiger partial charge in [-0.3, -0.25) is 4.99 Å². The van der Waals surface area contributed by atoms with Crippen molar-refractivity contribution >= 4 is 41.3 Å². The highest BCUT2D eigenvalue weighted by atomic mass is 127. The quantitative estimate of drug-likeness (QED) is 0.327. The number of likely N-dealkylation sites (tertiary alicyclic amines) is 1. The second-order valence-electron chi connectivity index (χ2n) is 7.70. The van der Waals surface area contributed by atoms with Crippen molar-refractivity contribution < 1.29 is 9.47 Å². The van der Waals surface area contributed by atoms with Gasteiger partial charge in [-0.2, -0.15) is 0 Å². The van der Waals surface area contributed by atoms with Crippen LogP contribution in [0.25, 0.3) is 0 Å². The lowest BCUT2D eigenvalue weighted by Crippen LogP contribution is -2.47. The number of hydrogen-bond acceptors (Lipinski definition) is 5. The van der Waals surface area contributed by atoms with E-state index in [0.29, 0.717) is 12.2 Å². The Morgan fingerprint density at radius 1 is 1.31 bits per heavy atom. The smallest absolute Gasteiger partial charge is 0.193 e. The fourth-order valence-electron chi connectivity index (χ4n) is 3.95. The molecule has 29 heavy (non-hydrogen) atoms. The Morgan fingerprint density at radius 2 is 2.10 bits per heavy atom. The molecule has 0 saturated carbocycles. The van der Waals surface area contributed by atoms with Crippen molar-refractivity contribution in [3.8, 4) is 0 Å². The summed E-state index contributed by atoms with van der Waals surface area (Å²) in [5.41, 5.74) is 1.24. The van der Waals surface area contributed by atoms with Crippen molar-refractivity contribution in [3.05, 3.63) is 15.6 Å². The van der Waals surface area contributed by atoms with Crippen molar-refractivity contribution in [2.45, 2.75) is 71.0 Å². The Balaban J connectivity index is 0.00000300. The molecule has 1 unspecified atom stereocenters. The molecule has 1 aromatic heterocycles. The van der Waals surface area contributed by atoms with E-state index in [1.165, 1.54) is 28.4 Å². The largest absolute Gasteiger partial charge is 0.376 e. The fourth-order valence-corrected chi connectivity index (χ4v) is 4.97. The van der Waals surface area contributed by atoms with Gasteiger partial charge in [0.2, 0.25) is 0 Å². The molecule has 3 heterocycles. The first kappa shape index (κ1) is 24.8. The number of aliphatic imine (C=N–C) groups is 1. The molecule has 1 N–H and O–H groups in total. The second-order valence-corrected chi connectivity index (χ2v) is 8.98. The monoisotopic (exact) mass is 536 g/mol. The Morgan fingerprint density at radius 3 is 2.72 bits per heavy atom. The van der Waals surface area contributed by atoms with Gasteiger partial charge in [0.1, 0.15) is 0 Å². The molecule has 0 radical (unpaired) electrons. The van der Waals surface area contributed by atoms with E-state index in [0.717, 1.165) is 70.9 Å². The summed E-state index contributed by atoms with van der Waals surface area (Å²) in [6.45, 7) is 8.84. The average Bonchev–Trinajstić information content (AvgIpc) is 3.10. The van der Waals surface area contributed by atoms with E-state index in [1.54, 1.807) is 0 Å². The van der Waals surface area contributed by atoms with E-state index in [4.69, 9.17) is 14.5 Å². The van der Waals surface area contributed by atoms with Gasteiger partial charge in [-0.25, -0.2) is 4.98 Å². The third kappa shape index (κ3) is 7.63. The second kappa shape index (κ2) is 13.1. The molecule has 0 aliphatic carbocycles. The number of rotatable bonds is 7. The maximum atomic E-state index is 6.13. The molecule has 0 spiro atoms. The van der Waals surface area contributed by atoms with Crippen LogP contribution in [0.2, 0.25) is 0 Å². The maximum absolute atomic E-state index is 6.13. The van der Waals surface area contributed by atoms with E-state index in [9.17, 15) is 0 Å². The SMILES string of the molecule is CCc1nc(CCNC(=NC)N2CCC(OCC3CCCCO3)CC2)sc1C.I. The van der Waals surface area contributed by atoms with Crippen LogP contribution >= 0.6 is 35.3 Å². The summed E-state index contributed by atoms with van der Waals surface area (Å²) in [5.74, 6) is 0.998. The van der Waals surface area contributed by atoms with Crippen LogP contribution in [0.5, 0.6) is 0 Å². The number of thiazole rings is 1. The fraction of sp³-hybridized carbons (Fsp3) is 0.810. The van der Waals surface area contributed by atoms with Gasteiger partial charge in [-0.1, -0.05) is 6.92 Å². The molecule has 0 aromatic carbocycles. The van der Waals surface area contributed by atoms with Gasteiger partial charge in [0.15, 0.2) is 5.96 Å².